The van der Waals surface area contributed by atoms with E-state index in [9.17, 15) is 5.11 Å². The maximum atomic E-state index is 10.1. The molecule has 1 aliphatic rings. The Morgan fingerprint density at radius 3 is 2.48 bits per heavy atom. The summed E-state index contributed by atoms with van der Waals surface area (Å²) in [7, 11) is -1.85. The van der Waals surface area contributed by atoms with Crippen molar-refractivity contribution in [3.8, 4) is 11.5 Å². The molecule has 0 fully saturated rings. The maximum Gasteiger partial charge on any atom is 0.250 e. The van der Waals surface area contributed by atoms with Crippen LogP contribution in [0.25, 0.3) is 0 Å². The monoisotopic (exact) mass is 308 g/mol. The van der Waals surface area contributed by atoms with Gasteiger partial charge in [-0.2, -0.15) is 0 Å². The fraction of sp³-hybridized carbons (Fsp3) is 0.647. The van der Waals surface area contributed by atoms with Crippen LogP contribution in [-0.4, -0.2) is 25.1 Å². The van der Waals surface area contributed by atoms with Crippen molar-refractivity contribution < 1.29 is 14.3 Å². The molecular formula is C17H28O3Si. The van der Waals surface area contributed by atoms with Gasteiger partial charge in [-0.05, 0) is 43.6 Å². The number of hydrogen-bond acceptors (Lipinski definition) is 3. The summed E-state index contributed by atoms with van der Waals surface area (Å²) in [6.45, 7) is 15.0. The van der Waals surface area contributed by atoms with Gasteiger partial charge >= 0.3 is 0 Å². The first-order chi connectivity index (χ1) is 9.42. The van der Waals surface area contributed by atoms with Crippen molar-refractivity contribution in [1.82, 2.24) is 0 Å². The number of fused-ring (bicyclic) bond motifs is 1. The highest BCUT2D eigenvalue weighted by Crippen LogP contribution is 2.40. The number of hydrogen-bond donors (Lipinski definition) is 1. The molecule has 0 saturated carbocycles. The average molecular weight is 308 g/mol. The van der Waals surface area contributed by atoms with E-state index in [0.717, 1.165) is 17.1 Å². The van der Waals surface area contributed by atoms with Crippen LogP contribution in [0.15, 0.2) is 18.2 Å². The highest BCUT2D eigenvalue weighted by atomic mass is 28.4. The van der Waals surface area contributed by atoms with Crippen LogP contribution in [-0.2, 0) is 6.42 Å². The Morgan fingerprint density at radius 1 is 1.29 bits per heavy atom. The largest absolute Gasteiger partial charge is 0.543 e. The second kappa shape index (κ2) is 5.02. The summed E-state index contributed by atoms with van der Waals surface area (Å²) in [5, 5.41) is 10.3. The Kier molecular flexibility index (Phi) is 3.92. The first-order valence-electron chi connectivity index (χ1n) is 7.61. The fourth-order valence-electron chi connectivity index (χ4n) is 2.12. The van der Waals surface area contributed by atoms with Crippen molar-refractivity contribution in [2.75, 3.05) is 0 Å². The first-order valence-corrected chi connectivity index (χ1v) is 10.5. The zero-order chi connectivity index (χ0) is 16.1. The minimum absolute atomic E-state index is 0.166. The number of aliphatic hydroxyl groups excluding tert-OH is 1. The zero-order valence-electron chi connectivity index (χ0n) is 14.3. The van der Waals surface area contributed by atoms with Crippen molar-refractivity contribution in [2.45, 2.75) is 70.9 Å². The van der Waals surface area contributed by atoms with Crippen LogP contribution in [0, 0.1) is 0 Å². The molecule has 1 heterocycles. The molecule has 0 spiro atoms. The van der Waals surface area contributed by atoms with E-state index in [-0.39, 0.29) is 5.04 Å². The maximum absolute atomic E-state index is 10.1. The molecule has 0 amide bonds. The number of benzene rings is 1. The lowest BCUT2D eigenvalue weighted by molar-refractivity contribution is -0.0412. The first kappa shape index (κ1) is 16.4. The van der Waals surface area contributed by atoms with Crippen LogP contribution in [0.3, 0.4) is 0 Å². The van der Waals surface area contributed by atoms with Gasteiger partial charge in [0.05, 0.1) is 6.10 Å². The molecule has 1 aliphatic heterocycles. The van der Waals surface area contributed by atoms with Gasteiger partial charge in [-0.3, -0.25) is 0 Å². The number of ether oxygens (including phenoxy) is 1. The zero-order valence-corrected chi connectivity index (χ0v) is 15.3. The van der Waals surface area contributed by atoms with Gasteiger partial charge in [0.15, 0.2) is 0 Å². The fourth-order valence-corrected chi connectivity index (χ4v) is 3.14. The van der Waals surface area contributed by atoms with Crippen LogP contribution in [0.1, 0.15) is 40.2 Å². The van der Waals surface area contributed by atoms with Crippen molar-refractivity contribution in [3.05, 3.63) is 23.8 Å². The van der Waals surface area contributed by atoms with Gasteiger partial charge in [-0.15, -0.1) is 0 Å². The summed E-state index contributed by atoms with van der Waals surface area (Å²) in [4.78, 5) is 0. The minimum Gasteiger partial charge on any atom is -0.543 e. The third-order valence-corrected chi connectivity index (χ3v) is 9.16. The molecule has 1 N–H and O–H groups in total. The molecule has 1 atom stereocenters. The summed E-state index contributed by atoms with van der Waals surface area (Å²) in [6.07, 6.45) is 0.153. The molecule has 118 valence electrons. The van der Waals surface area contributed by atoms with Crippen LogP contribution < -0.4 is 9.16 Å². The van der Waals surface area contributed by atoms with E-state index in [0.29, 0.717) is 6.42 Å². The van der Waals surface area contributed by atoms with E-state index in [1.54, 1.807) is 0 Å². The molecule has 3 nitrogen and oxygen atoms in total. The van der Waals surface area contributed by atoms with Crippen molar-refractivity contribution in [2.24, 2.45) is 0 Å². The molecule has 1 aromatic carbocycles. The lowest BCUT2D eigenvalue weighted by Crippen LogP contribution is -2.46. The van der Waals surface area contributed by atoms with Crippen LogP contribution >= 0.6 is 0 Å². The molecule has 0 aromatic heterocycles. The third kappa shape index (κ3) is 3.27. The molecule has 2 rings (SSSR count). The Balaban J connectivity index is 2.27. The normalized spacial score (nSPS) is 21.4. The lowest BCUT2D eigenvalue weighted by Gasteiger charge is -2.39. The molecule has 0 radical (unpaired) electrons. The smallest absolute Gasteiger partial charge is 0.250 e. The Labute approximate surface area is 129 Å². The van der Waals surface area contributed by atoms with Gasteiger partial charge in [0.25, 0.3) is 0 Å². The molecule has 1 unspecified atom stereocenters. The average Bonchev–Trinajstić information content (AvgIpc) is 2.28. The molecule has 21 heavy (non-hydrogen) atoms. The summed E-state index contributed by atoms with van der Waals surface area (Å²) < 4.78 is 12.3. The van der Waals surface area contributed by atoms with E-state index in [1.165, 1.54) is 0 Å². The Hall–Kier alpha value is -1.00. The van der Waals surface area contributed by atoms with Gasteiger partial charge in [0, 0.05) is 12.5 Å². The molecule has 0 bridgehead atoms. The van der Waals surface area contributed by atoms with E-state index in [2.05, 4.69) is 33.9 Å². The van der Waals surface area contributed by atoms with Gasteiger partial charge in [-0.1, -0.05) is 26.8 Å². The molecule has 0 aliphatic carbocycles. The highest BCUT2D eigenvalue weighted by Gasteiger charge is 2.40. The highest BCUT2D eigenvalue weighted by molar-refractivity contribution is 6.74. The lowest BCUT2D eigenvalue weighted by atomic mass is 9.91. The van der Waals surface area contributed by atoms with E-state index >= 15 is 0 Å². The minimum atomic E-state index is -1.85. The van der Waals surface area contributed by atoms with Gasteiger partial charge in [0.1, 0.15) is 17.1 Å². The summed E-state index contributed by atoms with van der Waals surface area (Å²) >= 11 is 0. The Bertz CT molecular complexity index is 529. The number of aliphatic hydroxyl groups is 1. The van der Waals surface area contributed by atoms with Crippen LogP contribution in [0.2, 0.25) is 18.1 Å². The third-order valence-electron chi connectivity index (χ3n) is 4.81. The van der Waals surface area contributed by atoms with Crippen molar-refractivity contribution in [3.63, 3.8) is 0 Å². The predicted octanol–water partition coefficient (Wildman–Crippen LogP) is 4.15. The summed E-state index contributed by atoms with van der Waals surface area (Å²) in [5.74, 6) is 1.70. The topological polar surface area (TPSA) is 38.7 Å². The SMILES string of the molecule is CC1(C)Oc2cc(O[Si](C)(C)C(C)(C)C)ccc2CC1O. The van der Waals surface area contributed by atoms with Gasteiger partial charge in [-0.25, -0.2) is 0 Å². The predicted molar refractivity (Wildman–Crippen MR) is 88.7 cm³/mol. The van der Waals surface area contributed by atoms with E-state index < -0.39 is 20.0 Å². The molecule has 4 heteroatoms. The van der Waals surface area contributed by atoms with Gasteiger partial charge in [0.2, 0.25) is 8.32 Å². The van der Waals surface area contributed by atoms with E-state index in [1.807, 2.05) is 32.0 Å². The van der Waals surface area contributed by atoms with E-state index in [4.69, 9.17) is 9.16 Å². The Morgan fingerprint density at radius 2 is 1.90 bits per heavy atom. The molecule has 1 aromatic rings. The van der Waals surface area contributed by atoms with Crippen molar-refractivity contribution in [1.29, 1.82) is 0 Å². The molecule has 0 saturated heterocycles. The quantitative estimate of drug-likeness (QED) is 0.834. The van der Waals surface area contributed by atoms with Gasteiger partial charge < -0.3 is 14.3 Å². The second-order valence-corrected chi connectivity index (χ2v) is 12.8. The molecular weight excluding hydrogens is 280 g/mol. The van der Waals surface area contributed by atoms with Crippen molar-refractivity contribution >= 4 is 8.32 Å². The second-order valence-electron chi connectivity index (χ2n) is 8.06. The summed E-state index contributed by atoms with van der Waals surface area (Å²) in [6, 6.07) is 5.98. The van der Waals surface area contributed by atoms with Crippen LogP contribution in [0.4, 0.5) is 0 Å². The van der Waals surface area contributed by atoms with Crippen LogP contribution in [0.5, 0.6) is 11.5 Å². The summed E-state index contributed by atoms with van der Waals surface area (Å²) in [5.41, 5.74) is 0.493. The standard InChI is InChI=1S/C17H28O3Si/c1-16(2,3)21(6,7)20-13-9-8-12-10-15(18)17(4,5)19-14(12)11-13/h8-9,11,15,18H,10H2,1-7H3. The number of rotatable bonds is 2.